The van der Waals surface area contributed by atoms with Gasteiger partial charge in [-0.3, -0.25) is 0 Å². The van der Waals surface area contributed by atoms with Crippen LogP contribution in [0.25, 0.3) is 0 Å². The van der Waals surface area contributed by atoms with Crippen LogP contribution in [0.3, 0.4) is 0 Å². The fourth-order valence-corrected chi connectivity index (χ4v) is 2.68. The highest BCUT2D eigenvalue weighted by atomic mass is 16.5. The maximum atomic E-state index is 5.28. The first-order valence-corrected chi connectivity index (χ1v) is 7.28. The Labute approximate surface area is 125 Å². The van der Waals surface area contributed by atoms with Crippen molar-refractivity contribution in [1.82, 2.24) is 9.97 Å². The van der Waals surface area contributed by atoms with E-state index >= 15 is 0 Å². The molecular formula is C16H20N4O. The number of aromatic nitrogens is 2. The minimum absolute atomic E-state index is 0.447. The summed E-state index contributed by atoms with van der Waals surface area (Å²) in [5.41, 5.74) is 0.969. The van der Waals surface area contributed by atoms with Crippen molar-refractivity contribution in [2.45, 2.75) is 18.9 Å². The van der Waals surface area contributed by atoms with Crippen LogP contribution in [-0.2, 0) is 0 Å². The first-order chi connectivity index (χ1) is 10.4. The molecule has 1 fully saturated rings. The van der Waals surface area contributed by atoms with E-state index in [-0.39, 0.29) is 0 Å². The zero-order valence-electron chi connectivity index (χ0n) is 12.2. The van der Waals surface area contributed by atoms with Crippen molar-refractivity contribution in [3.05, 3.63) is 42.7 Å². The van der Waals surface area contributed by atoms with Gasteiger partial charge in [0.15, 0.2) is 0 Å². The minimum Gasteiger partial charge on any atom is -0.480 e. The molecule has 1 aliphatic heterocycles. The van der Waals surface area contributed by atoms with Gasteiger partial charge in [-0.15, -0.1) is 0 Å². The third kappa shape index (κ3) is 3.24. The number of nitrogens with zero attached hydrogens (tertiary/aromatic N) is 3. The summed E-state index contributed by atoms with van der Waals surface area (Å²) < 4.78 is 5.28. The van der Waals surface area contributed by atoms with Crippen molar-refractivity contribution in [1.29, 1.82) is 0 Å². The van der Waals surface area contributed by atoms with Crippen LogP contribution >= 0.6 is 0 Å². The van der Waals surface area contributed by atoms with E-state index in [0.717, 1.165) is 37.4 Å². The van der Waals surface area contributed by atoms with Crippen LogP contribution in [0.5, 0.6) is 5.88 Å². The highest BCUT2D eigenvalue weighted by molar-refractivity contribution is 5.53. The zero-order chi connectivity index (χ0) is 14.5. The summed E-state index contributed by atoms with van der Waals surface area (Å²) in [6.45, 7) is 2.02. The molecule has 0 spiro atoms. The molecule has 5 nitrogen and oxygen atoms in total. The molecule has 2 aromatic rings. The molecule has 0 bridgehead atoms. The Morgan fingerprint density at radius 3 is 2.62 bits per heavy atom. The predicted octanol–water partition coefficient (Wildman–Crippen LogP) is 2.57. The van der Waals surface area contributed by atoms with E-state index < -0.39 is 0 Å². The van der Waals surface area contributed by atoms with Crippen LogP contribution in [0.4, 0.5) is 11.5 Å². The zero-order valence-corrected chi connectivity index (χ0v) is 12.2. The molecule has 0 aromatic carbocycles. The number of hydrogen-bond acceptors (Lipinski definition) is 5. The summed E-state index contributed by atoms with van der Waals surface area (Å²) in [6.07, 6.45) is 5.75. The Bertz CT molecular complexity index is 567. The van der Waals surface area contributed by atoms with Crippen molar-refractivity contribution < 1.29 is 4.74 Å². The number of ether oxygens (including phenoxy) is 1. The van der Waals surface area contributed by atoms with Gasteiger partial charge < -0.3 is 15.0 Å². The van der Waals surface area contributed by atoms with Crippen molar-refractivity contribution in [3.63, 3.8) is 0 Å². The number of anilines is 2. The van der Waals surface area contributed by atoms with Gasteiger partial charge in [-0.25, -0.2) is 9.97 Å². The second-order valence-corrected chi connectivity index (χ2v) is 5.15. The fraction of sp³-hybridized carbons (Fsp3) is 0.375. The van der Waals surface area contributed by atoms with Crippen molar-refractivity contribution in [3.8, 4) is 5.88 Å². The number of hydrogen-bond donors (Lipinski definition) is 1. The van der Waals surface area contributed by atoms with Gasteiger partial charge in [-0.1, -0.05) is 6.07 Å². The maximum Gasteiger partial charge on any atom is 0.237 e. The summed E-state index contributed by atoms with van der Waals surface area (Å²) in [5, 5.41) is 3.54. The third-order valence-corrected chi connectivity index (χ3v) is 3.79. The van der Waals surface area contributed by atoms with Crippen LogP contribution in [0.15, 0.2) is 42.7 Å². The lowest BCUT2D eigenvalue weighted by Crippen LogP contribution is -2.39. The van der Waals surface area contributed by atoms with Gasteiger partial charge in [0.05, 0.1) is 12.8 Å². The van der Waals surface area contributed by atoms with Gasteiger partial charge in [0.2, 0.25) is 5.88 Å². The standard InChI is InChI=1S/C16H20N4O/c1-21-16-14(5-4-10-18-16)19-13-7-11-20(12-8-13)15-6-2-3-9-17-15/h2-6,9-10,13,19H,7-8,11-12H2,1H3. The molecule has 21 heavy (non-hydrogen) atoms. The topological polar surface area (TPSA) is 50.3 Å². The molecular weight excluding hydrogens is 264 g/mol. The van der Waals surface area contributed by atoms with Crippen LogP contribution in [0.1, 0.15) is 12.8 Å². The van der Waals surface area contributed by atoms with E-state index in [4.69, 9.17) is 4.74 Å². The van der Waals surface area contributed by atoms with Crippen LogP contribution in [0, 0.1) is 0 Å². The second-order valence-electron chi connectivity index (χ2n) is 5.15. The molecule has 0 radical (unpaired) electrons. The van der Waals surface area contributed by atoms with Gasteiger partial charge in [0.1, 0.15) is 5.82 Å². The molecule has 1 N–H and O–H groups in total. The first kappa shape index (κ1) is 13.7. The number of rotatable bonds is 4. The maximum absolute atomic E-state index is 5.28. The summed E-state index contributed by atoms with van der Waals surface area (Å²) in [5.74, 6) is 1.72. The largest absolute Gasteiger partial charge is 0.480 e. The van der Waals surface area contributed by atoms with Gasteiger partial charge in [0.25, 0.3) is 0 Å². The normalized spacial score (nSPS) is 15.8. The van der Waals surface area contributed by atoms with Gasteiger partial charge >= 0.3 is 0 Å². The van der Waals surface area contributed by atoms with E-state index in [9.17, 15) is 0 Å². The third-order valence-electron chi connectivity index (χ3n) is 3.79. The lowest BCUT2D eigenvalue weighted by Gasteiger charge is -2.33. The van der Waals surface area contributed by atoms with Gasteiger partial charge in [0, 0.05) is 31.5 Å². The Morgan fingerprint density at radius 2 is 1.90 bits per heavy atom. The van der Waals surface area contributed by atoms with E-state index in [1.165, 1.54) is 0 Å². The SMILES string of the molecule is COc1ncccc1NC1CCN(c2ccccn2)CC1. The lowest BCUT2D eigenvalue weighted by atomic mass is 10.0. The van der Waals surface area contributed by atoms with E-state index in [1.807, 2.05) is 30.5 Å². The van der Waals surface area contributed by atoms with E-state index in [2.05, 4.69) is 26.3 Å². The second kappa shape index (κ2) is 6.43. The van der Waals surface area contributed by atoms with Crippen LogP contribution in [0.2, 0.25) is 0 Å². The molecule has 0 amide bonds. The van der Waals surface area contributed by atoms with Crippen LogP contribution < -0.4 is 15.0 Å². The molecule has 1 saturated heterocycles. The molecule has 0 aliphatic carbocycles. The molecule has 3 heterocycles. The Hall–Kier alpha value is -2.30. The first-order valence-electron chi connectivity index (χ1n) is 7.28. The number of piperidine rings is 1. The van der Waals surface area contributed by atoms with Crippen molar-refractivity contribution in [2.75, 3.05) is 30.4 Å². The van der Waals surface area contributed by atoms with Gasteiger partial charge in [-0.05, 0) is 37.1 Å². The van der Waals surface area contributed by atoms with Crippen molar-refractivity contribution >= 4 is 11.5 Å². The van der Waals surface area contributed by atoms with Crippen LogP contribution in [-0.4, -0.2) is 36.2 Å². The summed E-state index contributed by atoms with van der Waals surface area (Å²) >= 11 is 0. The quantitative estimate of drug-likeness (QED) is 0.935. The summed E-state index contributed by atoms with van der Waals surface area (Å²) in [4.78, 5) is 11.0. The molecule has 5 heteroatoms. The molecule has 2 aromatic heterocycles. The molecule has 0 atom stereocenters. The molecule has 110 valence electrons. The van der Waals surface area contributed by atoms with E-state index in [1.54, 1.807) is 13.3 Å². The highest BCUT2D eigenvalue weighted by Gasteiger charge is 2.20. The lowest BCUT2D eigenvalue weighted by molar-refractivity contribution is 0.398. The summed E-state index contributed by atoms with van der Waals surface area (Å²) in [6, 6.07) is 10.4. The Balaban J connectivity index is 1.59. The number of nitrogens with one attached hydrogen (secondary N) is 1. The average Bonchev–Trinajstić information content (AvgIpc) is 2.57. The molecule has 1 aliphatic rings. The predicted molar refractivity (Wildman–Crippen MR) is 83.9 cm³/mol. The monoisotopic (exact) mass is 284 g/mol. The minimum atomic E-state index is 0.447. The number of pyridine rings is 2. The molecule has 3 rings (SSSR count). The Kier molecular flexibility index (Phi) is 4.19. The highest BCUT2D eigenvalue weighted by Crippen LogP contribution is 2.24. The summed E-state index contributed by atoms with van der Waals surface area (Å²) in [7, 11) is 1.65. The smallest absolute Gasteiger partial charge is 0.237 e. The van der Waals surface area contributed by atoms with E-state index in [0.29, 0.717) is 11.9 Å². The average molecular weight is 284 g/mol. The fourth-order valence-electron chi connectivity index (χ4n) is 2.68. The molecule has 0 unspecified atom stereocenters. The number of methoxy groups -OCH3 is 1. The van der Waals surface area contributed by atoms with Gasteiger partial charge in [-0.2, -0.15) is 0 Å². The Morgan fingerprint density at radius 1 is 1.10 bits per heavy atom. The molecule has 0 saturated carbocycles. The van der Waals surface area contributed by atoms with Crippen molar-refractivity contribution in [2.24, 2.45) is 0 Å².